The van der Waals surface area contributed by atoms with Crippen molar-refractivity contribution >= 4 is 29.2 Å². The van der Waals surface area contributed by atoms with Crippen LogP contribution < -0.4 is 5.32 Å². The molecule has 0 aliphatic rings. The van der Waals surface area contributed by atoms with Crippen molar-refractivity contribution in [3.8, 4) is 0 Å². The van der Waals surface area contributed by atoms with E-state index >= 15 is 0 Å². The van der Waals surface area contributed by atoms with E-state index < -0.39 is 0 Å². The normalized spacial score (nSPS) is 11.2. The number of hydrogen-bond donors (Lipinski definition) is 2. The number of para-hydroxylation sites is 1. The number of rotatable bonds is 4. The van der Waals surface area contributed by atoms with Gasteiger partial charge in [0.25, 0.3) is 0 Å². The van der Waals surface area contributed by atoms with E-state index in [1.54, 1.807) is 0 Å². The first-order chi connectivity index (χ1) is 8.99. The van der Waals surface area contributed by atoms with Gasteiger partial charge in [0.15, 0.2) is 4.77 Å². The third-order valence-electron chi connectivity index (χ3n) is 3.00. The number of benzene rings is 1. The first kappa shape index (κ1) is 13.8. The van der Waals surface area contributed by atoms with E-state index in [1.165, 1.54) is 0 Å². The molecule has 2 N–H and O–H groups in total. The molecule has 5 heteroatoms. The van der Waals surface area contributed by atoms with E-state index in [4.69, 9.17) is 12.2 Å². The average Bonchev–Trinajstić information content (AvgIpc) is 2.65. The number of carbonyl (C=O) groups excluding carboxylic acids is 1. The minimum absolute atomic E-state index is 0.00560. The first-order valence-electron chi connectivity index (χ1n) is 6.44. The number of imidazole rings is 1. The summed E-state index contributed by atoms with van der Waals surface area (Å²) in [5, 5.41) is 2.91. The minimum Gasteiger partial charge on any atom is -0.354 e. The van der Waals surface area contributed by atoms with Crippen LogP contribution in [0.1, 0.15) is 19.4 Å². The smallest absolute Gasteiger partial charge is 0.240 e. The monoisotopic (exact) mass is 277 g/mol. The Bertz CT molecular complexity index is 654. The Morgan fingerprint density at radius 1 is 1.47 bits per heavy atom. The molecule has 0 bridgehead atoms. The Kier molecular flexibility index (Phi) is 4.04. The predicted octanol–water partition coefficient (Wildman–Crippen LogP) is 2.78. The lowest BCUT2D eigenvalue weighted by molar-refractivity contribution is -0.121. The second kappa shape index (κ2) is 5.57. The van der Waals surface area contributed by atoms with Crippen LogP contribution in [0.4, 0.5) is 0 Å². The number of H-pyrrole nitrogens is 1. The molecule has 0 aliphatic carbocycles. The van der Waals surface area contributed by atoms with Crippen molar-refractivity contribution < 1.29 is 4.79 Å². The molecule has 4 nitrogen and oxygen atoms in total. The molecule has 0 aliphatic heterocycles. The Morgan fingerprint density at radius 2 is 2.21 bits per heavy atom. The van der Waals surface area contributed by atoms with E-state index in [0.717, 1.165) is 16.6 Å². The molecule has 102 valence electrons. The molecule has 0 atom stereocenters. The van der Waals surface area contributed by atoms with Crippen molar-refractivity contribution in [2.75, 3.05) is 6.54 Å². The Balaban J connectivity index is 2.28. The van der Waals surface area contributed by atoms with Crippen LogP contribution in [-0.4, -0.2) is 22.0 Å². The number of nitrogens with zero attached hydrogens (tertiary/aromatic N) is 1. The number of aryl methyl sites for hydroxylation is 1. The third-order valence-corrected chi connectivity index (χ3v) is 3.33. The van der Waals surface area contributed by atoms with Crippen LogP contribution in [0.15, 0.2) is 18.2 Å². The maximum atomic E-state index is 11.9. The second-order valence-corrected chi connectivity index (χ2v) is 5.57. The number of fused-ring (bicyclic) bond motifs is 1. The zero-order valence-corrected chi connectivity index (χ0v) is 12.3. The van der Waals surface area contributed by atoms with Gasteiger partial charge in [-0.2, -0.15) is 0 Å². The molecule has 0 radical (unpaired) electrons. The quantitative estimate of drug-likeness (QED) is 0.844. The van der Waals surface area contributed by atoms with Crippen molar-refractivity contribution in [3.63, 3.8) is 0 Å². The van der Waals surface area contributed by atoms with Crippen molar-refractivity contribution in [1.82, 2.24) is 14.9 Å². The standard InChI is InChI=1S/C14H19N3OS/c1-9(2)7-15-12(18)8-17-13-10(3)5-4-6-11(13)16-14(17)19/h4-6,9H,7-8H2,1-3H3,(H,15,18)(H,16,19). The fourth-order valence-corrected chi connectivity index (χ4v) is 2.34. The van der Waals surface area contributed by atoms with E-state index in [1.807, 2.05) is 29.7 Å². The van der Waals surface area contributed by atoms with Gasteiger partial charge in [0.05, 0.1) is 11.0 Å². The largest absolute Gasteiger partial charge is 0.354 e. The Morgan fingerprint density at radius 3 is 2.89 bits per heavy atom. The van der Waals surface area contributed by atoms with E-state index in [-0.39, 0.29) is 12.5 Å². The molecule has 2 rings (SSSR count). The van der Waals surface area contributed by atoms with Crippen molar-refractivity contribution in [2.45, 2.75) is 27.3 Å². The molecule has 0 saturated carbocycles. The SMILES string of the molecule is Cc1cccc2[nH]c(=S)n(CC(=O)NCC(C)C)c12. The van der Waals surface area contributed by atoms with Gasteiger partial charge < -0.3 is 14.9 Å². The van der Waals surface area contributed by atoms with Gasteiger partial charge in [-0.1, -0.05) is 26.0 Å². The molecular weight excluding hydrogens is 258 g/mol. The van der Waals surface area contributed by atoms with Crippen LogP contribution in [0.5, 0.6) is 0 Å². The van der Waals surface area contributed by atoms with E-state index in [9.17, 15) is 4.79 Å². The highest BCUT2D eigenvalue weighted by molar-refractivity contribution is 7.71. The maximum absolute atomic E-state index is 11.9. The van der Waals surface area contributed by atoms with Crippen molar-refractivity contribution in [3.05, 3.63) is 28.5 Å². The molecule has 1 heterocycles. The van der Waals surface area contributed by atoms with Gasteiger partial charge in [0.1, 0.15) is 6.54 Å². The summed E-state index contributed by atoms with van der Waals surface area (Å²) < 4.78 is 2.44. The van der Waals surface area contributed by atoms with Gasteiger partial charge in [0.2, 0.25) is 5.91 Å². The molecule has 1 aromatic carbocycles. The van der Waals surface area contributed by atoms with Gasteiger partial charge in [-0.15, -0.1) is 0 Å². The summed E-state index contributed by atoms with van der Waals surface area (Å²) in [4.78, 5) is 15.1. The zero-order valence-electron chi connectivity index (χ0n) is 11.5. The summed E-state index contributed by atoms with van der Waals surface area (Å²) in [6, 6.07) is 5.97. The van der Waals surface area contributed by atoms with Crippen LogP contribution in [0, 0.1) is 17.6 Å². The Labute approximate surface area is 117 Å². The van der Waals surface area contributed by atoms with Crippen LogP contribution in [0.25, 0.3) is 11.0 Å². The van der Waals surface area contributed by atoms with Crippen LogP contribution in [0.3, 0.4) is 0 Å². The van der Waals surface area contributed by atoms with Gasteiger partial charge >= 0.3 is 0 Å². The van der Waals surface area contributed by atoms with Crippen molar-refractivity contribution in [2.24, 2.45) is 5.92 Å². The molecule has 0 unspecified atom stereocenters. The van der Waals surface area contributed by atoms with Gasteiger partial charge in [-0.25, -0.2) is 0 Å². The van der Waals surface area contributed by atoms with Crippen LogP contribution in [-0.2, 0) is 11.3 Å². The molecule has 2 aromatic rings. The number of carbonyl (C=O) groups is 1. The van der Waals surface area contributed by atoms with Crippen LogP contribution in [0.2, 0.25) is 0 Å². The fraction of sp³-hybridized carbons (Fsp3) is 0.429. The van der Waals surface area contributed by atoms with Crippen LogP contribution >= 0.6 is 12.2 Å². The van der Waals surface area contributed by atoms with E-state index in [0.29, 0.717) is 17.2 Å². The second-order valence-electron chi connectivity index (χ2n) is 5.19. The summed E-state index contributed by atoms with van der Waals surface area (Å²) in [5.41, 5.74) is 3.09. The van der Waals surface area contributed by atoms with Gasteiger partial charge in [-0.3, -0.25) is 4.79 Å². The number of aromatic amines is 1. The topological polar surface area (TPSA) is 49.8 Å². The average molecular weight is 277 g/mol. The lowest BCUT2D eigenvalue weighted by atomic mass is 10.2. The third kappa shape index (κ3) is 3.04. The number of nitrogens with one attached hydrogen (secondary N) is 2. The highest BCUT2D eigenvalue weighted by Gasteiger charge is 2.10. The highest BCUT2D eigenvalue weighted by atomic mass is 32.1. The van der Waals surface area contributed by atoms with Crippen molar-refractivity contribution in [1.29, 1.82) is 0 Å². The number of amides is 1. The first-order valence-corrected chi connectivity index (χ1v) is 6.84. The maximum Gasteiger partial charge on any atom is 0.240 e. The fourth-order valence-electron chi connectivity index (χ4n) is 2.07. The summed E-state index contributed by atoms with van der Waals surface area (Å²) in [6.45, 7) is 7.11. The number of hydrogen-bond acceptors (Lipinski definition) is 2. The molecule has 0 spiro atoms. The lowest BCUT2D eigenvalue weighted by Crippen LogP contribution is -2.30. The molecule has 0 fully saturated rings. The molecular formula is C14H19N3OS. The summed E-state index contributed by atoms with van der Waals surface area (Å²) >= 11 is 5.29. The van der Waals surface area contributed by atoms with Gasteiger partial charge in [-0.05, 0) is 36.7 Å². The van der Waals surface area contributed by atoms with E-state index in [2.05, 4.69) is 24.1 Å². The highest BCUT2D eigenvalue weighted by Crippen LogP contribution is 2.18. The summed E-state index contributed by atoms with van der Waals surface area (Å²) in [6.07, 6.45) is 0. The molecule has 0 saturated heterocycles. The molecule has 1 amide bonds. The minimum atomic E-state index is -0.00560. The Hall–Kier alpha value is -1.62. The summed E-state index contributed by atoms with van der Waals surface area (Å²) in [7, 11) is 0. The number of aromatic nitrogens is 2. The molecule has 1 aromatic heterocycles. The predicted molar refractivity (Wildman–Crippen MR) is 79.7 cm³/mol. The molecule has 19 heavy (non-hydrogen) atoms. The summed E-state index contributed by atoms with van der Waals surface area (Å²) in [5.74, 6) is 0.440. The zero-order chi connectivity index (χ0) is 14.0. The lowest BCUT2D eigenvalue weighted by Gasteiger charge is -2.09. The van der Waals surface area contributed by atoms with Gasteiger partial charge in [0, 0.05) is 6.54 Å².